The Morgan fingerprint density at radius 1 is 1.17 bits per heavy atom. The van der Waals surface area contributed by atoms with Gasteiger partial charge < -0.3 is 14.8 Å². The number of carbonyl (C=O) groups excluding carboxylic acids is 1. The van der Waals surface area contributed by atoms with Gasteiger partial charge in [-0.25, -0.2) is 0 Å². The van der Waals surface area contributed by atoms with E-state index in [-0.39, 0.29) is 17.7 Å². The Labute approximate surface area is 180 Å². The van der Waals surface area contributed by atoms with Crippen molar-refractivity contribution < 1.29 is 14.3 Å². The summed E-state index contributed by atoms with van der Waals surface area (Å²) in [6.45, 7) is 3.03. The predicted octanol–water partition coefficient (Wildman–Crippen LogP) is 2.96. The highest BCUT2D eigenvalue weighted by Gasteiger charge is 2.17. The van der Waals surface area contributed by atoms with Gasteiger partial charge in [0.05, 0.1) is 32.1 Å². The van der Waals surface area contributed by atoms with Crippen LogP contribution in [0.5, 0.6) is 5.75 Å². The third-order valence-corrected chi connectivity index (χ3v) is 5.46. The van der Waals surface area contributed by atoms with Gasteiger partial charge in [0.1, 0.15) is 5.75 Å². The SMILES string of the molecule is COCCn1c(SCC(=O)NC(C)c2ccccc2OC)nnc1-c1ccncc1. The highest BCUT2D eigenvalue weighted by Crippen LogP contribution is 2.26. The number of hydrogen-bond acceptors (Lipinski definition) is 7. The molecule has 0 saturated heterocycles. The van der Waals surface area contributed by atoms with Crippen molar-refractivity contribution in [2.75, 3.05) is 26.6 Å². The van der Waals surface area contributed by atoms with Crippen LogP contribution in [0.4, 0.5) is 0 Å². The summed E-state index contributed by atoms with van der Waals surface area (Å²) in [6, 6.07) is 11.2. The van der Waals surface area contributed by atoms with Crippen molar-refractivity contribution in [1.82, 2.24) is 25.1 Å². The molecule has 0 spiro atoms. The fraction of sp³-hybridized carbons (Fsp3) is 0.333. The molecular formula is C21H25N5O3S. The monoisotopic (exact) mass is 427 g/mol. The first kappa shape index (κ1) is 21.8. The topological polar surface area (TPSA) is 91.2 Å². The number of carbonyl (C=O) groups is 1. The Balaban J connectivity index is 1.67. The quantitative estimate of drug-likeness (QED) is 0.497. The molecule has 0 fully saturated rings. The van der Waals surface area contributed by atoms with Crippen LogP contribution in [0.1, 0.15) is 18.5 Å². The molecule has 8 nitrogen and oxygen atoms in total. The van der Waals surface area contributed by atoms with Crippen molar-refractivity contribution in [2.45, 2.75) is 24.7 Å². The minimum Gasteiger partial charge on any atom is -0.496 e. The fourth-order valence-electron chi connectivity index (χ4n) is 3.01. The maximum Gasteiger partial charge on any atom is 0.230 e. The Morgan fingerprint density at radius 2 is 1.93 bits per heavy atom. The largest absolute Gasteiger partial charge is 0.496 e. The lowest BCUT2D eigenvalue weighted by Crippen LogP contribution is -2.28. The number of rotatable bonds is 10. The minimum atomic E-state index is -0.173. The van der Waals surface area contributed by atoms with Crippen LogP contribution in [0.15, 0.2) is 53.9 Å². The number of methoxy groups -OCH3 is 2. The maximum absolute atomic E-state index is 12.5. The zero-order valence-corrected chi connectivity index (χ0v) is 18.1. The molecule has 0 aliphatic rings. The van der Waals surface area contributed by atoms with Crippen molar-refractivity contribution in [1.29, 1.82) is 0 Å². The molecule has 1 aromatic carbocycles. The van der Waals surface area contributed by atoms with E-state index >= 15 is 0 Å². The standard InChI is InChI=1S/C21H25N5O3S/c1-15(17-6-4-5-7-18(17)29-3)23-19(27)14-30-21-25-24-20(26(21)12-13-28-2)16-8-10-22-11-9-16/h4-11,15H,12-14H2,1-3H3,(H,23,27). The lowest BCUT2D eigenvalue weighted by molar-refractivity contribution is -0.119. The molecule has 2 heterocycles. The third-order valence-electron chi connectivity index (χ3n) is 4.49. The highest BCUT2D eigenvalue weighted by atomic mass is 32.2. The Morgan fingerprint density at radius 3 is 2.67 bits per heavy atom. The number of nitrogens with one attached hydrogen (secondary N) is 1. The van der Waals surface area contributed by atoms with Crippen LogP contribution in [0.3, 0.4) is 0 Å². The van der Waals surface area contributed by atoms with Crippen molar-refractivity contribution in [3.05, 3.63) is 54.4 Å². The van der Waals surface area contributed by atoms with E-state index in [2.05, 4.69) is 20.5 Å². The van der Waals surface area contributed by atoms with Gasteiger partial charge >= 0.3 is 0 Å². The van der Waals surface area contributed by atoms with E-state index < -0.39 is 0 Å². The molecule has 3 rings (SSSR count). The average molecular weight is 428 g/mol. The van der Waals surface area contributed by atoms with Crippen molar-refractivity contribution in [3.63, 3.8) is 0 Å². The number of thioether (sulfide) groups is 1. The molecule has 0 aliphatic heterocycles. The molecule has 3 aromatic rings. The zero-order chi connectivity index (χ0) is 21.3. The lowest BCUT2D eigenvalue weighted by Gasteiger charge is -2.17. The molecule has 2 aromatic heterocycles. The number of benzene rings is 1. The second-order valence-corrected chi connectivity index (χ2v) is 7.45. The van der Waals surface area contributed by atoms with Gasteiger partial charge in [-0.15, -0.1) is 10.2 Å². The van der Waals surface area contributed by atoms with Gasteiger partial charge in [-0.2, -0.15) is 0 Å². The molecule has 0 aliphatic carbocycles. The van der Waals surface area contributed by atoms with E-state index in [1.165, 1.54) is 11.8 Å². The Kier molecular flexibility index (Phi) is 7.81. The van der Waals surface area contributed by atoms with E-state index in [9.17, 15) is 4.79 Å². The van der Waals surface area contributed by atoms with Gasteiger partial charge in [0.25, 0.3) is 0 Å². The molecule has 30 heavy (non-hydrogen) atoms. The van der Waals surface area contributed by atoms with E-state index in [0.29, 0.717) is 18.3 Å². The molecule has 0 saturated carbocycles. The van der Waals surface area contributed by atoms with E-state index in [1.54, 1.807) is 26.6 Å². The van der Waals surface area contributed by atoms with E-state index in [1.807, 2.05) is 47.9 Å². The van der Waals surface area contributed by atoms with Crippen LogP contribution in [0.2, 0.25) is 0 Å². The van der Waals surface area contributed by atoms with Gasteiger partial charge in [-0.3, -0.25) is 14.3 Å². The maximum atomic E-state index is 12.5. The highest BCUT2D eigenvalue weighted by molar-refractivity contribution is 7.99. The predicted molar refractivity (Wildman–Crippen MR) is 115 cm³/mol. The second-order valence-electron chi connectivity index (χ2n) is 6.51. The van der Waals surface area contributed by atoms with E-state index in [4.69, 9.17) is 9.47 Å². The summed E-state index contributed by atoms with van der Waals surface area (Å²) in [5.74, 6) is 1.60. The van der Waals surface area contributed by atoms with Crippen LogP contribution in [-0.4, -0.2) is 52.2 Å². The minimum absolute atomic E-state index is 0.0924. The van der Waals surface area contributed by atoms with Gasteiger partial charge in [-0.1, -0.05) is 30.0 Å². The molecule has 1 unspecified atom stereocenters. The average Bonchev–Trinajstić information content (AvgIpc) is 3.19. The van der Waals surface area contributed by atoms with Crippen LogP contribution in [0.25, 0.3) is 11.4 Å². The number of pyridine rings is 1. The molecule has 1 amide bonds. The van der Waals surface area contributed by atoms with Crippen LogP contribution < -0.4 is 10.1 Å². The van der Waals surface area contributed by atoms with E-state index in [0.717, 1.165) is 22.7 Å². The molecular weight excluding hydrogens is 402 g/mol. The Bertz CT molecular complexity index is 964. The van der Waals surface area contributed by atoms with Gasteiger partial charge in [-0.05, 0) is 25.1 Å². The zero-order valence-electron chi connectivity index (χ0n) is 17.2. The molecule has 9 heteroatoms. The number of nitrogens with zero attached hydrogens (tertiary/aromatic N) is 4. The molecule has 0 bridgehead atoms. The normalized spacial score (nSPS) is 11.8. The van der Waals surface area contributed by atoms with Crippen molar-refractivity contribution in [2.24, 2.45) is 0 Å². The number of ether oxygens (including phenoxy) is 2. The number of amides is 1. The molecule has 0 radical (unpaired) electrons. The van der Waals surface area contributed by atoms with Crippen LogP contribution in [0, 0.1) is 0 Å². The number of hydrogen-bond donors (Lipinski definition) is 1. The lowest BCUT2D eigenvalue weighted by atomic mass is 10.1. The van der Waals surface area contributed by atoms with Crippen LogP contribution in [-0.2, 0) is 16.1 Å². The summed E-state index contributed by atoms with van der Waals surface area (Å²) >= 11 is 1.34. The van der Waals surface area contributed by atoms with Crippen molar-refractivity contribution in [3.8, 4) is 17.1 Å². The first-order valence-corrected chi connectivity index (χ1v) is 10.5. The summed E-state index contributed by atoms with van der Waals surface area (Å²) in [5, 5.41) is 12.3. The van der Waals surface area contributed by atoms with Gasteiger partial charge in [0.2, 0.25) is 5.91 Å². The fourth-order valence-corrected chi connectivity index (χ4v) is 3.78. The molecule has 1 N–H and O–H groups in total. The first-order valence-electron chi connectivity index (χ1n) is 9.51. The molecule has 158 valence electrons. The second kappa shape index (κ2) is 10.7. The summed E-state index contributed by atoms with van der Waals surface area (Å²) in [6.07, 6.45) is 3.42. The Hall–Kier alpha value is -2.91. The van der Waals surface area contributed by atoms with Crippen molar-refractivity contribution >= 4 is 17.7 Å². The van der Waals surface area contributed by atoms with Gasteiger partial charge in [0, 0.05) is 30.6 Å². The number of aromatic nitrogens is 4. The summed E-state index contributed by atoms with van der Waals surface area (Å²) in [5.41, 5.74) is 1.84. The summed E-state index contributed by atoms with van der Waals surface area (Å²) in [7, 11) is 3.27. The van der Waals surface area contributed by atoms with Gasteiger partial charge in [0.15, 0.2) is 11.0 Å². The third kappa shape index (κ3) is 5.37. The summed E-state index contributed by atoms with van der Waals surface area (Å²) in [4.78, 5) is 16.6. The van der Waals surface area contributed by atoms with Crippen LogP contribution >= 0.6 is 11.8 Å². The first-order chi connectivity index (χ1) is 14.6. The molecule has 1 atom stereocenters. The summed E-state index contributed by atoms with van der Waals surface area (Å²) < 4.78 is 12.6. The smallest absolute Gasteiger partial charge is 0.230 e. The number of para-hydroxylation sites is 1.